The summed E-state index contributed by atoms with van der Waals surface area (Å²) in [5, 5.41) is 14.7. The summed E-state index contributed by atoms with van der Waals surface area (Å²) >= 11 is 0. The summed E-state index contributed by atoms with van der Waals surface area (Å²) in [6.45, 7) is 7.27. The van der Waals surface area contributed by atoms with Gasteiger partial charge in [-0.15, -0.1) is 5.11 Å². The van der Waals surface area contributed by atoms with Crippen LogP contribution >= 0.6 is 0 Å². The molecule has 1 aromatic heterocycles. The van der Waals surface area contributed by atoms with Gasteiger partial charge in [-0.2, -0.15) is 28.5 Å². The Morgan fingerprint density at radius 1 is 0.750 bits per heavy atom. The Kier molecular flexibility index (Phi) is 7.04. The molecule has 4 rings (SSSR count). The van der Waals surface area contributed by atoms with E-state index in [1.807, 2.05) is 56.3 Å². The topological polar surface area (TPSA) is 142 Å². The van der Waals surface area contributed by atoms with Crippen LogP contribution in [0, 0.1) is 27.7 Å². The molecule has 0 radical (unpaired) electrons. The van der Waals surface area contributed by atoms with Crippen molar-refractivity contribution in [3.63, 3.8) is 0 Å². The molecule has 0 aliphatic heterocycles. The summed E-state index contributed by atoms with van der Waals surface area (Å²) in [5.74, 6) is 1.36. The van der Waals surface area contributed by atoms with Gasteiger partial charge in [-0.05, 0) is 80.8 Å². The molecule has 1 heterocycles. The molecular weight excluding hydrogens is 478 g/mol. The molecule has 0 unspecified atom stereocenters. The lowest BCUT2D eigenvalue weighted by Gasteiger charge is -2.12. The lowest BCUT2D eigenvalue weighted by Crippen LogP contribution is -2.06. The van der Waals surface area contributed by atoms with Crippen LogP contribution in [0.5, 0.6) is 0 Å². The number of hydrogen-bond donors (Lipinski definition) is 3. The maximum Gasteiger partial charge on any atom is 0.296 e. The van der Waals surface area contributed by atoms with E-state index in [4.69, 9.17) is 0 Å². The van der Waals surface area contributed by atoms with Gasteiger partial charge < -0.3 is 10.6 Å². The summed E-state index contributed by atoms with van der Waals surface area (Å²) in [6, 6.07) is 17.9. The second-order valence-electron chi connectivity index (χ2n) is 8.25. The molecule has 0 saturated carbocycles. The fraction of sp³-hybridized carbons (Fsp3) is 0.160. The van der Waals surface area contributed by atoms with Gasteiger partial charge in [-0.3, -0.25) is 4.55 Å². The highest BCUT2D eigenvalue weighted by Crippen LogP contribution is 2.31. The second-order valence-corrected chi connectivity index (χ2v) is 9.64. The van der Waals surface area contributed by atoms with Gasteiger partial charge in [0.25, 0.3) is 10.1 Å². The van der Waals surface area contributed by atoms with Gasteiger partial charge in [-0.1, -0.05) is 24.3 Å². The first-order valence-electron chi connectivity index (χ1n) is 11.0. The lowest BCUT2D eigenvalue weighted by atomic mass is 10.1. The van der Waals surface area contributed by atoms with E-state index in [1.54, 1.807) is 19.9 Å². The monoisotopic (exact) mass is 503 g/mol. The van der Waals surface area contributed by atoms with Crippen LogP contribution in [0.1, 0.15) is 22.5 Å². The average Bonchev–Trinajstić information content (AvgIpc) is 2.80. The number of anilines is 4. The first-order chi connectivity index (χ1) is 17.1. The Bertz CT molecular complexity index is 1560. The first-order valence-corrected chi connectivity index (χ1v) is 12.5. The molecule has 0 spiro atoms. The van der Waals surface area contributed by atoms with Gasteiger partial charge in [0.2, 0.25) is 11.9 Å². The zero-order chi connectivity index (χ0) is 25.9. The van der Waals surface area contributed by atoms with Gasteiger partial charge in [-0.25, -0.2) is 0 Å². The van der Waals surface area contributed by atoms with E-state index in [0.29, 0.717) is 29.0 Å². The van der Waals surface area contributed by atoms with Crippen LogP contribution in [-0.4, -0.2) is 27.9 Å². The zero-order valence-corrected chi connectivity index (χ0v) is 21.0. The highest BCUT2D eigenvalue weighted by molar-refractivity contribution is 7.86. The van der Waals surface area contributed by atoms with E-state index < -0.39 is 10.1 Å². The average molecular weight is 504 g/mol. The molecule has 0 fully saturated rings. The minimum absolute atomic E-state index is 0.0569. The number of para-hydroxylation sites is 1. The number of benzene rings is 3. The molecule has 4 aromatic rings. The van der Waals surface area contributed by atoms with E-state index in [9.17, 15) is 13.0 Å². The number of aromatic nitrogens is 3. The normalized spacial score (nSPS) is 11.6. The summed E-state index contributed by atoms with van der Waals surface area (Å²) in [4.78, 5) is 12.9. The van der Waals surface area contributed by atoms with E-state index >= 15 is 0 Å². The number of rotatable bonds is 7. The van der Waals surface area contributed by atoms with Crippen molar-refractivity contribution in [3.8, 4) is 0 Å². The molecule has 10 nitrogen and oxygen atoms in total. The van der Waals surface area contributed by atoms with Gasteiger partial charge in [0.05, 0.1) is 5.69 Å². The molecule has 0 atom stereocenters. The van der Waals surface area contributed by atoms with Crippen molar-refractivity contribution < 1.29 is 13.0 Å². The zero-order valence-electron chi connectivity index (χ0n) is 20.2. The van der Waals surface area contributed by atoms with Crippen LogP contribution in [0.25, 0.3) is 0 Å². The molecule has 184 valence electrons. The van der Waals surface area contributed by atoms with Crippen LogP contribution in [0.15, 0.2) is 75.8 Å². The summed E-state index contributed by atoms with van der Waals surface area (Å²) < 4.78 is 33.0. The van der Waals surface area contributed by atoms with Crippen molar-refractivity contribution in [1.29, 1.82) is 0 Å². The fourth-order valence-electron chi connectivity index (χ4n) is 3.43. The van der Waals surface area contributed by atoms with Crippen LogP contribution in [0.2, 0.25) is 0 Å². The van der Waals surface area contributed by atoms with Crippen molar-refractivity contribution in [1.82, 2.24) is 15.0 Å². The summed E-state index contributed by atoms with van der Waals surface area (Å²) in [6.07, 6.45) is 0. The van der Waals surface area contributed by atoms with Gasteiger partial charge >= 0.3 is 0 Å². The van der Waals surface area contributed by atoms with Crippen molar-refractivity contribution in [2.75, 3.05) is 10.6 Å². The van der Waals surface area contributed by atoms with Gasteiger partial charge in [0.15, 0.2) is 0 Å². The van der Waals surface area contributed by atoms with Crippen molar-refractivity contribution in [2.24, 2.45) is 10.2 Å². The van der Waals surface area contributed by atoms with Gasteiger partial charge in [0.1, 0.15) is 16.4 Å². The Morgan fingerprint density at radius 3 is 2.11 bits per heavy atom. The highest BCUT2D eigenvalue weighted by atomic mass is 32.2. The molecule has 11 heteroatoms. The number of nitrogens with zero attached hydrogens (tertiary/aromatic N) is 5. The van der Waals surface area contributed by atoms with Crippen LogP contribution in [0.4, 0.5) is 34.6 Å². The third kappa shape index (κ3) is 6.06. The molecule has 0 aliphatic rings. The molecule has 0 amide bonds. The Labute approximate surface area is 209 Å². The highest BCUT2D eigenvalue weighted by Gasteiger charge is 2.16. The smallest absolute Gasteiger partial charge is 0.296 e. The standard InChI is InChI=1S/C25H25N7O3S/c1-15-10-11-20(23(12-15)36(33,34)35)31-32-22-14-16(2)21(13-17(22)3)29-25-27-18(4)26-24(30-25)28-19-8-6-5-7-9-19/h5-14H,1-4H3,(H,33,34,35)(H2,26,27,28,29,30). The fourth-order valence-corrected chi connectivity index (χ4v) is 4.13. The maximum absolute atomic E-state index is 11.7. The van der Waals surface area contributed by atoms with Crippen LogP contribution in [-0.2, 0) is 10.1 Å². The third-order valence-corrected chi connectivity index (χ3v) is 6.11. The Balaban J connectivity index is 1.59. The molecule has 3 N–H and O–H groups in total. The van der Waals surface area contributed by atoms with Crippen molar-refractivity contribution in [2.45, 2.75) is 32.6 Å². The number of nitrogens with one attached hydrogen (secondary N) is 2. The van der Waals surface area contributed by atoms with Crippen molar-refractivity contribution in [3.05, 3.63) is 83.2 Å². The van der Waals surface area contributed by atoms with Gasteiger partial charge in [0, 0.05) is 11.4 Å². The molecular formula is C25H25N7O3S. The summed E-state index contributed by atoms with van der Waals surface area (Å²) in [7, 11) is -4.43. The van der Waals surface area contributed by atoms with Crippen molar-refractivity contribution >= 4 is 44.8 Å². The Morgan fingerprint density at radius 2 is 1.42 bits per heavy atom. The summed E-state index contributed by atoms with van der Waals surface area (Å²) in [5.41, 5.74) is 4.57. The van der Waals surface area contributed by atoms with E-state index in [1.165, 1.54) is 12.1 Å². The molecule has 0 bridgehead atoms. The second kappa shape index (κ2) is 10.2. The quantitative estimate of drug-likeness (QED) is 0.198. The predicted molar refractivity (Wildman–Crippen MR) is 139 cm³/mol. The molecule has 0 aliphatic carbocycles. The Hall–Kier alpha value is -4.22. The third-order valence-electron chi connectivity index (χ3n) is 5.23. The van der Waals surface area contributed by atoms with E-state index in [0.717, 1.165) is 22.5 Å². The minimum Gasteiger partial charge on any atom is -0.324 e. The SMILES string of the molecule is Cc1ccc(N=Nc2cc(C)c(Nc3nc(C)nc(Nc4ccccc4)n3)cc2C)c(S(=O)(=O)O)c1. The van der Waals surface area contributed by atoms with Crippen LogP contribution < -0.4 is 10.6 Å². The molecule has 36 heavy (non-hydrogen) atoms. The number of aryl methyl sites for hydroxylation is 4. The largest absolute Gasteiger partial charge is 0.324 e. The molecule has 3 aromatic carbocycles. The van der Waals surface area contributed by atoms with E-state index in [-0.39, 0.29) is 10.6 Å². The molecule has 0 saturated heterocycles. The minimum atomic E-state index is -4.43. The predicted octanol–water partition coefficient (Wildman–Crippen LogP) is 6.25. The van der Waals surface area contributed by atoms with Crippen LogP contribution in [0.3, 0.4) is 0 Å². The lowest BCUT2D eigenvalue weighted by molar-refractivity contribution is 0.483. The number of hydrogen-bond acceptors (Lipinski definition) is 9. The first kappa shape index (κ1) is 24.9. The maximum atomic E-state index is 11.7. The number of azo groups is 1. The van der Waals surface area contributed by atoms with E-state index in [2.05, 4.69) is 35.8 Å².